The van der Waals surface area contributed by atoms with Crippen molar-refractivity contribution >= 4 is 23.8 Å². The van der Waals surface area contributed by atoms with Crippen LogP contribution in [-0.2, 0) is 9.47 Å². The number of benzene rings is 1. The molecule has 0 bridgehead atoms. The Kier molecular flexibility index (Phi) is 5.07. The summed E-state index contributed by atoms with van der Waals surface area (Å²) < 4.78 is 11.3. The van der Waals surface area contributed by atoms with Crippen LogP contribution in [0.1, 0.15) is 40.2 Å². The Morgan fingerprint density at radius 3 is 2.52 bits per heavy atom. The first kappa shape index (κ1) is 17.8. The summed E-state index contributed by atoms with van der Waals surface area (Å²) in [7, 11) is 0. The van der Waals surface area contributed by atoms with Gasteiger partial charge in [-0.25, -0.2) is 4.79 Å². The lowest BCUT2D eigenvalue weighted by atomic mass is 10.1. The maximum absolute atomic E-state index is 12.5. The minimum atomic E-state index is -0.697. The molecule has 0 radical (unpaired) electrons. The van der Waals surface area contributed by atoms with E-state index in [2.05, 4.69) is 0 Å². The minimum Gasteiger partial charge on any atom is -0.444 e. The number of rotatable bonds is 2. The smallest absolute Gasteiger partial charge is 0.413 e. The van der Waals surface area contributed by atoms with Gasteiger partial charge in [-0.05, 0) is 52.3 Å². The summed E-state index contributed by atoms with van der Waals surface area (Å²) in [6.07, 6.45) is 3.55. The van der Waals surface area contributed by atoms with Gasteiger partial charge in [0.05, 0.1) is 12.6 Å². The van der Waals surface area contributed by atoms with Crippen LogP contribution in [0.3, 0.4) is 0 Å². The number of nitrogens with zero attached hydrogens (tertiary/aromatic N) is 1. The first-order valence-corrected chi connectivity index (χ1v) is 8.06. The molecule has 5 heteroatoms. The van der Waals surface area contributed by atoms with Gasteiger partial charge in [-0.1, -0.05) is 35.9 Å². The molecule has 0 N–H and O–H groups in total. The van der Waals surface area contributed by atoms with E-state index < -0.39 is 11.3 Å². The number of carbonyl (C=O) groups is 1. The van der Waals surface area contributed by atoms with E-state index in [0.717, 1.165) is 5.56 Å². The molecule has 1 saturated heterocycles. The van der Waals surface area contributed by atoms with Crippen molar-refractivity contribution in [2.75, 3.05) is 6.61 Å². The summed E-state index contributed by atoms with van der Waals surface area (Å²) in [5.74, 6) is 0. The molecule has 1 amide bonds. The highest BCUT2D eigenvalue weighted by atomic mass is 35.5. The first-order valence-electron chi connectivity index (χ1n) is 7.68. The highest BCUT2D eigenvalue weighted by Crippen LogP contribution is 2.30. The Morgan fingerprint density at radius 2 is 1.96 bits per heavy atom. The van der Waals surface area contributed by atoms with Crippen LogP contribution in [0.25, 0.3) is 6.08 Å². The zero-order valence-corrected chi connectivity index (χ0v) is 15.1. The Labute approximate surface area is 143 Å². The number of amides is 1. The van der Waals surface area contributed by atoms with Gasteiger partial charge in [-0.15, -0.1) is 0 Å². The molecule has 1 aromatic rings. The van der Waals surface area contributed by atoms with Gasteiger partial charge in [0, 0.05) is 5.02 Å². The van der Waals surface area contributed by atoms with Crippen LogP contribution in [-0.4, -0.2) is 35.0 Å². The second-order valence-electron chi connectivity index (χ2n) is 7.09. The fourth-order valence-electron chi connectivity index (χ4n) is 2.44. The van der Waals surface area contributed by atoms with Gasteiger partial charge in [-0.2, -0.15) is 0 Å². The normalized spacial score (nSPS) is 21.0. The van der Waals surface area contributed by atoms with Crippen molar-refractivity contribution in [3.8, 4) is 0 Å². The third-order valence-corrected chi connectivity index (χ3v) is 3.74. The summed E-state index contributed by atoms with van der Waals surface area (Å²) in [6.45, 7) is 9.74. The molecule has 1 aliphatic heterocycles. The van der Waals surface area contributed by atoms with E-state index in [1.807, 2.05) is 71.0 Å². The summed E-state index contributed by atoms with van der Waals surface area (Å²) >= 11 is 5.89. The zero-order chi connectivity index (χ0) is 17.3. The molecule has 0 aliphatic carbocycles. The number of carbonyl (C=O) groups excluding carboxylic acids is 1. The third kappa shape index (κ3) is 4.72. The second-order valence-corrected chi connectivity index (χ2v) is 7.52. The van der Waals surface area contributed by atoms with Crippen LogP contribution in [0.5, 0.6) is 0 Å². The van der Waals surface area contributed by atoms with Crippen molar-refractivity contribution in [2.24, 2.45) is 0 Å². The van der Waals surface area contributed by atoms with E-state index in [9.17, 15) is 4.79 Å². The van der Waals surface area contributed by atoms with Gasteiger partial charge in [-0.3, -0.25) is 4.90 Å². The molecule has 2 rings (SSSR count). The van der Waals surface area contributed by atoms with Gasteiger partial charge in [0.25, 0.3) is 0 Å². The lowest BCUT2D eigenvalue weighted by Gasteiger charge is -2.34. The lowest BCUT2D eigenvalue weighted by Crippen LogP contribution is -2.49. The van der Waals surface area contributed by atoms with Crippen LogP contribution >= 0.6 is 11.6 Å². The molecule has 0 saturated carbocycles. The van der Waals surface area contributed by atoms with Gasteiger partial charge < -0.3 is 9.47 Å². The summed E-state index contributed by atoms with van der Waals surface area (Å²) in [6, 6.07) is 7.36. The largest absolute Gasteiger partial charge is 0.444 e. The number of halogens is 1. The molecule has 1 fully saturated rings. The minimum absolute atomic E-state index is 0.171. The highest BCUT2D eigenvalue weighted by Gasteiger charge is 2.44. The van der Waals surface area contributed by atoms with Crippen LogP contribution < -0.4 is 0 Å². The molecule has 0 aromatic heterocycles. The number of hydrogen-bond acceptors (Lipinski definition) is 3. The zero-order valence-electron chi connectivity index (χ0n) is 14.3. The predicted molar refractivity (Wildman–Crippen MR) is 92.4 cm³/mol. The average Bonchev–Trinajstić information content (AvgIpc) is 2.71. The van der Waals surface area contributed by atoms with Crippen molar-refractivity contribution in [3.05, 3.63) is 40.9 Å². The van der Waals surface area contributed by atoms with Crippen molar-refractivity contribution in [1.82, 2.24) is 4.90 Å². The van der Waals surface area contributed by atoms with Gasteiger partial charge >= 0.3 is 6.09 Å². The molecule has 4 nitrogen and oxygen atoms in total. The van der Waals surface area contributed by atoms with Crippen LogP contribution in [0.4, 0.5) is 4.79 Å². The van der Waals surface area contributed by atoms with E-state index in [-0.39, 0.29) is 12.1 Å². The topological polar surface area (TPSA) is 38.8 Å². The molecule has 1 atom stereocenters. The number of ether oxygens (including phenoxy) is 2. The molecule has 1 aromatic carbocycles. The molecule has 1 aliphatic rings. The SMILES string of the molecule is CC(C)(C)OC(=O)N1[C@H](/C=C/c2ccc(Cl)cc2)COC1(C)C. The van der Waals surface area contributed by atoms with Gasteiger partial charge in [0.1, 0.15) is 11.3 Å². The van der Waals surface area contributed by atoms with E-state index in [1.54, 1.807) is 4.90 Å². The molecule has 1 heterocycles. The second kappa shape index (κ2) is 6.54. The monoisotopic (exact) mass is 337 g/mol. The Bertz CT molecular complexity index is 587. The lowest BCUT2D eigenvalue weighted by molar-refractivity contribution is -0.0610. The van der Waals surface area contributed by atoms with Gasteiger partial charge in [0.15, 0.2) is 0 Å². The van der Waals surface area contributed by atoms with E-state index in [0.29, 0.717) is 11.6 Å². The van der Waals surface area contributed by atoms with Crippen LogP contribution in [0, 0.1) is 0 Å². The fourth-order valence-corrected chi connectivity index (χ4v) is 2.56. The maximum Gasteiger partial charge on any atom is 0.413 e. The Morgan fingerprint density at radius 1 is 1.35 bits per heavy atom. The molecule has 0 unspecified atom stereocenters. The van der Waals surface area contributed by atoms with E-state index in [4.69, 9.17) is 21.1 Å². The van der Waals surface area contributed by atoms with Crippen molar-refractivity contribution in [1.29, 1.82) is 0 Å². The molecular weight excluding hydrogens is 314 g/mol. The van der Waals surface area contributed by atoms with Crippen molar-refractivity contribution in [3.63, 3.8) is 0 Å². The Balaban J connectivity index is 2.16. The summed E-state index contributed by atoms with van der Waals surface area (Å²) in [4.78, 5) is 14.2. The molecule has 0 spiro atoms. The quantitative estimate of drug-likeness (QED) is 0.783. The molecule has 126 valence electrons. The van der Waals surface area contributed by atoms with Crippen LogP contribution in [0.2, 0.25) is 5.02 Å². The van der Waals surface area contributed by atoms with E-state index in [1.165, 1.54) is 0 Å². The average molecular weight is 338 g/mol. The maximum atomic E-state index is 12.5. The number of hydrogen-bond donors (Lipinski definition) is 0. The third-order valence-electron chi connectivity index (χ3n) is 3.49. The van der Waals surface area contributed by atoms with E-state index >= 15 is 0 Å². The van der Waals surface area contributed by atoms with Crippen molar-refractivity contribution in [2.45, 2.75) is 52.0 Å². The fraction of sp³-hybridized carbons (Fsp3) is 0.500. The first-order chi connectivity index (χ1) is 10.6. The van der Waals surface area contributed by atoms with Crippen molar-refractivity contribution < 1.29 is 14.3 Å². The predicted octanol–water partition coefficient (Wildman–Crippen LogP) is 4.73. The van der Waals surface area contributed by atoms with Gasteiger partial charge in [0.2, 0.25) is 0 Å². The van der Waals surface area contributed by atoms with Crippen LogP contribution in [0.15, 0.2) is 30.3 Å². The molecule has 23 heavy (non-hydrogen) atoms. The Hall–Kier alpha value is -1.52. The highest BCUT2D eigenvalue weighted by molar-refractivity contribution is 6.30. The summed E-state index contributed by atoms with van der Waals surface area (Å²) in [5, 5.41) is 0.697. The summed E-state index contributed by atoms with van der Waals surface area (Å²) in [5.41, 5.74) is -0.222. The molecular formula is C18H24ClNO3. The standard InChI is InChI=1S/C18H24ClNO3/c1-17(2,3)23-16(21)20-15(12-22-18(20,4)5)11-8-13-6-9-14(19)10-7-13/h6-11,15H,12H2,1-5H3/b11-8+/t15-/m1/s1.